The number of rotatable bonds is 2. The zero-order valence-corrected chi connectivity index (χ0v) is 9.98. The Morgan fingerprint density at radius 2 is 2.12 bits per heavy atom. The van der Waals surface area contributed by atoms with Crippen LogP contribution in [0.5, 0.6) is 0 Å². The summed E-state index contributed by atoms with van der Waals surface area (Å²) in [5.41, 5.74) is 0.277. The number of benzene rings is 1. The molecular formula is C11H6BrFN2O2. The van der Waals surface area contributed by atoms with Crippen molar-refractivity contribution in [3.63, 3.8) is 0 Å². The van der Waals surface area contributed by atoms with Crippen LogP contribution >= 0.6 is 15.9 Å². The molecule has 1 N–H and O–H groups in total. The maximum atomic E-state index is 13.1. The van der Waals surface area contributed by atoms with Crippen LogP contribution in [0.1, 0.15) is 10.5 Å². The molecule has 0 saturated heterocycles. The number of carboxylic acids is 1. The van der Waals surface area contributed by atoms with Crippen molar-refractivity contribution >= 4 is 21.9 Å². The summed E-state index contributed by atoms with van der Waals surface area (Å²) >= 11 is 3.23. The Labute approximate surface area is 104 Å². The van der Waals surface area contributed by atoms with Gasteiger partial charge < -0.3 is 5.11 Å². The van der Waals surface area contributed by atoms with Crippen LogP contribution in [0.2, 0.25) is 0 Å². The Hall–Kier alpha value is -1.82. The molecule has 0 amide bonds. The Morgan fingerprint density at radius 3 is 2.82 bits per heavy atom. The van der Waals surface area contributed by atoms with Crippen LogP contribution in [0.15, 0.2) is 34.9 Å². The lowest BCUT2D eigenvalue weighted by Gasteiger charge is -2.03. The van der Waals surface area contributed by atoms with Gasteiger partial charge in [0.2, 0.25) is 0 Å². The van der Waals surface area contributed by atoms with E-state index in [0.29, 0.717) is 10.0 Å². The minimum Gasteiger partial charge on any atom is -0.477 e. The highest BCUT2D eigenvalue weighted by atomic mass is 79.9. The van der Waals surface area contributed by atoms with E-state index in [-0.39, 0.29) is 11.5 Å². The Kier molecular flexibility index (Phi) is 3.14. The van der Waals surface area contributed by atoms with Crippen LogP contribution in [0, 0.1) is 5.82 Å². The van der Waals surface area contributed by atoms with Crippen LogP contribution in [-0.4, -0.2) is 21.0 Å². The molecule has 86 valence electrons. The van der Waals surface area contributed by atoms with Crippen molar-refractivity contribution in [3.05, 3.63) is 46.4 Å². The molecule has 0 fully saturated rings. The monoisotopic (exact) mass is 296 g/mol. The Balaban J connectivity index is 2.56. The number of hydrogen-bond donors (Lipinski definition) is 1. The zero-order valence-electron chi connectivity index (χ0n) is 8.39. The van der Waals surface area contributed by atoms with Gasteiger partial charge in [-0.2, -0.15) is 0 Å². The molecule has 17 heavy (non-hydrogen) atoms. The van der Waals surface area contributed by atoms with Crippen molar-refractivity contribution in [1.82, 2.24) is 9.97 Å². The molecule has 0 aliphatic rings. The standard InChI is InChI=1S/C11H6BrFN2O2/c12-8-2-1-6(13)5-7(8)10-14-4-3-9(15-10)11(16)17/h1-5H,(H,16,17). The highest BCUT2D eigenvalue weighted by molar-refractivity contribution is 9.10. The third-order valence-electron chi connectivity index (χ3n) is 2.04. The minimum atomic E-state index is -1.15. The van der Waals surface area contributed by atoms with Gasteiger partial charge in [0.05, 0.1) is 0 Å². The van der Waals surface area contributed by atoms with E-state index in [1.807, 2.05) is 0 Å². The highest BCUT2D eigenvalue weighted by Gasteiger charge is 2.11. The van der Waals surface area contributed by atoms with Gasteiger partial charge in [-0.05, 0) is 24.3 Å². The smallest absolute Gasteiger partial charge is 0.354 e. The van der Waals surface area contributed by atoms with Crippen molar-refractivity contribution in [2.45, 2.75) is 0 Å². The molecule has 0 atom stereocenters. The van der Waals surface area contributed by atoms with Gasteiger partial charge >= 0.3 is 5.97 Å². The molecule has 0 aliphatic carbocycles. The van der Waals surface area contributed by atoms with Gasteiger partial charge in [0.1, 0.15) is 5.82 Å². The van der Waals surface area contributed by atoms with Gasteiger partial charge in [-0.1, -0.05) is 15.9 Å². The molecule has 0 saturated carbocycles. The fourth-order valence-electron chi connectivity index (χ4n) is 1.28. The Bertz CT molecular complexity index is 589. The van der Waals surface area contributed by atoms with Crippen molar-refractivity contribution in [2.75, 3.05) is 0 Å². The molecule has 4 nitrogen and oxygen atoms in total. The van der Waals surface area contributed by atoms with Gasteiger partial charge in [-0.25, -0.2) is 19.2 Å². The van der Waals surface area contributed by atoms with E-state index >= 15 is 0 Å². The van der Waals surface area contributed by atoms with Crippen molar-refractivity contribution in [3.8, 4) is 11.4 Å². The van der Waals surface area contributed by atoms with Gasteiger partial charge in [0.25, 0.3) is 0 Å². The first kappa shape index (κ1) is 11.7. The zero-order chi connectivity index (χ0) is 12.4. The first-order chi connectivity index (χ1) is 8.08. The Morgan fingerprint density at radius 1 is 1.35 bits per heavy atom. The average Bonchev–Trinajstić information content (AvgIpc) is 2.32. The van der Waals surface area contributed by atoms with Gasteiger partial charge in [-0.15, -0.1) is 0 Å². The maximum absolute atomic E-state index is 13.1. The molecule has 1 heterocycles. The van der Waals surface area contributed by atoms with Crippen LogP contribution in [-0.2, 0) is 0 Å². The minimum absolute atomic E-state index is 0.133. The van der Waals surface area contributed by atoms with E-state index in [4.69, 9.17) is 5.11 Å². The summed E-state index contributed by atoms with van der Waals surface area (Å²) in [6.45, 7) is 0. The van der Waals surface area contributed by atoms with Crippen LogP contribution in [0.25, 0.3) is 11.4 Å². The average molecular weight is 297 g/mol. The van der Waals surface area contributed by atoms with Crippen LogP contribution in [0.3, 0.4) is 0 Å². The molecule has 1 aromatic carbocycles. The lowest BCUT2D eigenvalue weighted by molar-refractivity contribution is 0.0690. The predicted octanol–water partition coefficient (Wildman–Crippen LogP) is 2.74. The largest absolute Gasteiger partial charge is 0.477 e. The molecule has 0 bridgehead atoms. The van der Waals surface area contributed by atoms with Crippen molar-refractivity contribution in [1.29, 1.82) is 0 Å². The van der Waals surface area contributed by atoms with E-state index in [9.17, 15) is 9.18 Å². The summed E-state index contributed by atoms with van der Waals surface area (Å²) in [6.07, 6.45) is 1.32. The molecule has 0 spiro atoms. The molecule has 1 aromatic heterocycles. The number of halogens is 2. The van der Waals surface area contributed by atoms with Crippen molar-refractivity contribution in [2.24, 2.45) is 0 Å². The second kappa shape index (κ2) is 4.58. The molecule has 2 aromatic rings. The fourth-order valence-corrected chi connectivity index (χ4v) is 1.70. The highest BCUT2D eigenvalue weighted by Crippen LogP contribution is 2.26. The summed E-state index contributed by atoms with van der Waals surface area (Å²) in [7, 11) is 0. The third-order valence-corrected chi connectivity index (χ3v) is 2.74. The van der Waals surface area contributed by atoms with Crippen molar-refractivity contribution < 1.29 is 14.3 Å². The third kappa shape index (κ3) is 2.47. The fraction of sp³-hybridized carbons (Fsp3) is 0. The molecule has 2 rings (SSSR count). The van der Waals surface area contributed by atoms with Crippen LogP contribution in [0.4, 0.5) is 4.39 Å². The van der Waals surface area contributed by atoms with Gasteiger partial charge in [0.15, 0.2) is 11.5 Å². The number of hydrogen-bond acceptors (Lipinski definition) is 3. The molecular weight excluding hydrogens is 291 g/mol. The molecule has 0 aliphatic heterocycles. The summed E-state index contributed by atoms with van der Waals surface area (Å²) in [5, 5.41) is 8.80. The summed E-state index contributed by atoms with van der Waals surface area (Å²) in [6, 6.07) is 5.32. The number of nitrogens with zero attached hydrogens (tertiary/aromatic N) is 2. The number of carbonyl (C=O) groups is 1. The molecule has 0 unspecified atom stereocenters. The number of aromatic carboxylic acids is 1. The van der Waals surface area contributed by atoms with E-state index in [0.717, 1.165) is 0 Å². The number of carboxylic acid groups (broad SMARTS) is 1. The predicted molar refractivity (Wildman–Crippen MR) is 62.1 cm³/mol. The van der Waals surface area contributed by atoms with Gasteiger partial charge in [-0.3, -0.25) is 0 Å². The SMILES string of the molecule is O=C(O)c1ccnc(-c2cc(F)ccc2Br)n1. The first-order valence-electron chi connectivity index (χ1n) is 4.59. The van der Waals surface area contributed by atoms with E-state index in [1.54, 1.807) is 0 Å². The van der Waals surface area contributed by atoms with Crippen LogP contribution < -0.4 is 0 Å². The second-order valence-corrected chi connectivity index (χ2v) is 4.05. The summed E-state index contributed by atoms with van der Waals surface area (Å²) < 4.78 is 13.7. The topological polar surface area (TPSA) is 63.1 Å². The lowest BCUT2D eigenvalue weighted by atomic mass is 10.2. The maximum Gasteiger partial charge on any atom is 0.354 e. The lowest BCUT2D eigenvalue weighted by Crippen LogP contribution is -2.02. The summed E-state index contributed by atoms with van der Waals surface area (Å²) in [4.78, 5) is 18.5. The first-order valence-corrected chi connectivity index (χ1v) is 5.39. The van der Waals surface area contributed by atoms with E-state index in [1.165, 1.54) is 30.5 Å². The van der Waals surface area contributed by atoms with E-state index < -0.39 is 11.8 Å². The number of aromatic nitrogens is 2. The van der Waals surface area contributed by atoms with Gasteiger partial charge in [0, 0.05) is 16.2 Å². The normalized spacial score (nSPS) is 10.2. The summed E-state index contributed by atoms with van der Waals surface area (Å²) in [5.74, 6) is -1.43. The molecule has 6 heteroatoms. The molecule has 0 radical (unpaired) electrons. The quantitative estimate of drug-likeness (QED) is 0.925. The second-order valence-electron chi connectivity index (χ2n) is 3.19. The van der Waals surface area contributed by atoms with E-state index in [2.05, 4.69) is 25.9 Å².